The second-order valence-electron chi connectivity index (χ2n) is 12.8. The Morgan fingerprint density at radius 3 is 2.36 bits per heavy atom. The Morgan fingerprint density at radius 1 is 1.05 bits per heavy atom. The summed E-state index contributed by atoms with van der Waals surface area (Å²) in [6.07, 6.45) is 6.83. The largest absolute Gasteiger partial charge is 0.396 e. The number of aromatic nitrogens is 1. The molecular weight excluding hydrogens is 516 g/mol. The van der Waals surface area contributed by atoms with E-state index in [1.165, 1.54) is 17.8 Å². The fourth-order valence-electron chi connectivity index (χ4n) is 7.85. The number of amides is 3. The average Bonchev–Trinajstić information content (AvgIpc) is 3.34. The van der Waals surface area contributed by atoms with E-state index in [4.69, 9.17) is 4.98 Å². The zero-order valence-corrected chi connectivity index (χ0v) is 24.4. The van der Waals surface area contributed by atoms with Crippen LogP contribution in [0.15, 0.2) is 0 Å². The van der Waals surface area contributed by atoms with Crippen LogP contribution in [0, 0.1) is 22.7 Å². The van der Waals surface area contributed by atoms with Crippen LogP contribution in [-0.2, 0) is 20.8 Å². The van der Waals surface area contributed by atoms with E-state index in [9.17, 15) is 24.6 Å². The molecule has 0 bridgehead atoms. The van der Waals surface area contributed by atoms with Crippen molar-refractivity contribution in [3.8, 4) is 0 Å². The van der Waals surface area contributed by atoms with Crippen molar-refractivity contribution in [2.45, 2.75) is 90.6 Å². The summed E-state index contributed by atoms with van der Waals surface area (Å²) in [5, 5.41) is 25.2. The van der Waals surface area contributed by atoms with Gasteiger partial charge in [0, 0.05) is 61.7 Å². The number of carbonyl (C=O) groups is 3. The van der Waals surface area contributed by atoms with Gasteiger partial charge in [0.15, 0.2) is 5.13 Å². The molecule has 2 heterocycles. The topological polar surface area (TPSA) is 123 Å². The number of anilines is 1. The van der Waals surface area contributed by atoms with Gasteiger partial charge in [-0.2, -0.15) is 0 Å². The summed E-state index contributed by atoms with van der Waals surface area (Å²) < 4.78 is 0. The summed E-state index contributed by atoms with van der Waals surface area (Å²) >= 11 is 1.49. The SMILES string of the molecule is CC(=O)N1CCN(C(=O)C[C@@H]2c3nc(NC(=O)C4CCCCC4)sc3C[C@@H]3[C@](C)(CO)[C@H](O)CC[C@]32C)CC1. The fraction of sp³-hybridized carbons (Fsp3) is 0.793. The average molecular weight is 561 g/mol. The third kappa shape index (κ3) is 5.24. The van der Waals surface area contributed by atoms with Crippen molar-refractivity contribution in [2.24, 2.45) is 22.7 Å². The van der Waals surface area contributed by atoms with Crippen LogP contribution in [-0.4, -0.2) is 81.6 Å². The van der Waals surface area contributed by atoms with E-state index in [1.54, 1.807) is 11.8 Å². The molecule has 3 aliphatic carbocycles. The molecule has 1 aromatic heterocycles. The molecule has 1 saturated heterocycles. The van der Waals surface area contributed by atoms with Crippen molar-refractivity contribution in [1.82, 2.24) is 14.8 Å². The number of hydrogen-bond donors (Lipinski definition) is 3. The van der Waals surface area contributed by atoms with E-state index in [2.05, 4.69) is 12.2 Å². The molecular formula is C29H44N4O5S. The first kappa shape index (κ1) is 28.5. The Bertz CT molecular complexity index is 1100. The number of carbonyl (C=O) groups excluding carboxylic acids is 3. The molecule has 0 radical (unpaired) electrons. The molecule has 9 nitrogen and oxygen atoms in total. The monoisotopic (exact) mass is 560 g/mol. The second kappa shape index (κ2) is 11.1. The second-order valence-corrected chi connectivity index (χ2v) is 13.9. The first-order valence-electron chi connectivity index (χ1n) is 14.7. The number of nitrogens with one attached hydrogen (secondary N) is 1. The highest BCUT2D eigenvalue weighted by molar-refractivity contribution is 7.15. The molecule has 1 aromatic rings. The molecule has 3 N–H and O–H groups in total. The lowest BCUT2D eigenvalue weighted by Crippen LogP contribution is -2.58. The number of fused-ring (bicyclic) bond motifs is 2. The Balaban J connectivity index is 1.43. The summed E-state index contributed by atoms with van der Waals surface area (Å²) in [4.78, 5) is 48.1. The summed E-state index contributed by atoms with van der Waals surface area (Å²) in [5.41, 5.74) is -0.126. The lowest BCUT2D eigenvalue weighted by Gasteiger charge is -2.58. The zero-order chi connectivity index (χ0) is 27.9. The van der Waals surface area contributed by atoms with Gasteiger partial charge in [-0.15, -0.1) is 11.3 Å². The van der Waals surface area contributed by atoms with Gasteiger partial charge in [0.25, 0.3) is 0 Å². The van der Waals surface area contributed by atoms with E-state index in [1.807, 2.05) is 11.8 Å². The lowest BCUT2D eigenvalue weighted by atomic mass is 9.47. The molecule has 39 heavy (non-hydrogen) atoms. The third-order valence-electron chi connectivity index (χ3n) is 10.6. The van der Waals surface area contributed by atoms with Crippen molar-refractivity contribution >= 4 is 34.2 Å². The molecule has 0 aromatic carbocycles. The van der Waals surface area contributed by atoms with Crippen LogP contribution in [0.2, 0.25) is 0 Å². The predicted molar refractivity (Wildman–Crippen MR) is 149 cm³/mol. The van der Waals surface area contributed by atoms with E-state index >= 15 is 0 Å². The van der Waals surface area contributed by atoms with E-state index in [0.717, 1.165) is 42.7 Å². The Hall–Kier alpha value is -2.04. The van der Waals surface area contributed by atoms with Gasteiger partial charge in [-0.05, 0) is 43.4 Å². The summed E-state index contributed by atoms with van der Waals surface area (Å²) in [6, 6.07) is 0. The number of piperazine rings is 1. The van der Waals surface area contributed by atoms with Gasteiger partial charge in [0.1, 0.15) is 0 Å². The van der Waals surface area contributed by atoms with Crippen molar-refractivity contribution in [3.05, 3.63) is 10.6 Å². The quantitative estimate of drug-likeness (QED) is 0.509. The number of nitrogens with zero attached hydrogens (tertiary/aromatic N) is 3. The maximum atomic E-state index is 13.7. The lowest BCUT2D eigenvalue weighted by molar-refractivity contribution is -0.149. The van der Waals surface area contributed by atoms with Crippen LogP contribution in [0.4, 0.5) is 5.13 Å². The van der Waals surface area contributed by atoms with Gasteiger partial charge >= 0.3 is 0 Å². The first-order chi connectivity index (χ1) is 18.6. The normalized spacial score (nSPS) is 33.3. The molecule has 4 aliphatic rings. The van der Waals surface area contributed by atoms with Crippen LogP contribution in [0.1, 0.15) is 88.6 Å². The van der Waals surface area contributed by atoms with Crippen molar-refractivity contribution in [2.75, 3.05) is 38.1 Å². The molecule has 216 valence electrons. The standard InChI is InChI=1S/C29H44N4O5S/c1-18(35)32-11-13-33(14-12-32)24(37)15-20-25-21(16-22-28(20,2)10-9-23(36)29(22,3)17-34)39-27(30-25)31-26(38)19-7-5-4-6-8-19/h19-20,22-23,34,36H,4-17H2,1-3H3,(H,30,31,38)/t20-,22+,23-,28+,29+/m1/s1. The van der Waals surface area contributed by atoms with Gasteiger partial charge in [-0.25, -0.2) is 4.98 Å². The fourth-order valence-corrected chi connectivity index (χ4v) is 8.92. The molecule has 0 unspecified atom stereocenters. The minimum absolute atomic E-state index is 0.0265. The van der Waals surface area contributed by atoms with Crippen molar-refractivity contribution in [1.29, 1.82) is 0 Å². The minimum Gasteiger partial charge on any atom is -0.396 e. The number of rotatable bonds is 5. The summed E-state index contributed by atoms with van der Waals surface area (Å²) in [7, 11) is 0. The Kier molecular flexibility index (Phi) is 8.10. The molecule has 3 fully saturated rings. The summed E-state index contributed by atoms with van der Waals surface area (Å²) in [5.74, 6) is -0.0625. The zero-order valence-electron chi connectivity index (χ0n) is 23.6. The third-order valence-corrected chi connectivity index (χ3v) is 11.6. The number of thiazole rings is 1. The van der Waals surface area contributed by atoms with Crippen LogP contribution in [0.5, 0.6) is 0 Å². The number of aliphatic hydroxyl groups is 2. The molecule has 1 aliphatic heterocycles. The highest BCUT2D eigenvalue weighted by Crippen LogP contribution is 2.63. The van der Waals surface area contributed by atoms with Crippen LogP contribution < -0.4 is 5.32 Å². The maximum Gasteiger partial charge on any atom is 0.229 e. The van der Waals surface area contributed by atoms with Crippen molar-refractivity contribution in [3.63, 3.8) is 0 Å². The highest BCUT2D eigenvalue weighted by atomic mass is 32.1. The van der Waals surface area contributed by atoms with Gasteiger partial charge in [-0.3, -0.25) is 14.4 Å². The molecule has 5 rings (SSSR count). The van der Waals surface area contributed by atoms with Crippen LogP contribution in [0.3, 0.4) is 0 Å². The van der Waals surface area contributed by atoms with E-state index < -0.39 is 11.5 Å². The van der Waals surface area contributed by atoms with Gasteiger partial charge < -0.3 is 25.3 Å². The molecule has 0 spiro atoms. The minimum atomic E-state index is -0.686. The Labute approximate surface area is 235 Å². The van der Waals surface area contributed by atoms with Crippen LogP contribution in [0.25, 0.3) is 0 Å². The number of aliphatic hydroxyl groups excluding tert-OH is 2. The van der Waals surface area contributed by atoms with E-state index in [-0.39, 0.29) is 53.9 Å². The molecule has 2 saturated carbocycles. The Morgan fingerprint density at radius 2 is 1.72 bits per heavy atom. The highest BCUT2D eigenvalue weighted by Gasteiger charge is 2.59. The smallest absolute Gasteiger partial charge is 0.229 e. The molecule has 3 amide bonds. The maximum absolute atomic E-state index is 13.7. The predicted octanol–water partition coefficient (Wildman–Crippen LogP) is 3.16. The van der Waals surface area contributed by atoms with E-state index in [0.29, 0.717) is 44.2 Å². The molecule has 5 atom stereocenters. The van der Waals surface area contributed by atoms with Crippen LogP contribution >= 0.6 is 11.3 Å². The van der Waals surface area contributed by atoms with Gasteiger partial charge in [-0.1, -0.05) is 33.1 Å². The van der Waals surface area contributed by atoms with Gasteiger partial charge in [0.05, 0.1) is 18.4 Å². The summed E-state index contributed by atoms with van der Waals surface area (Å²) in [6.45, 7) is 7.73. The van der Waals surface area contributed by atoms with Crippen molar-refractivity contribution < 1.29 is 24.6 Å². The van der Waals surface area contributed by atoms with Gasteiger partial charge in [0.2, 0.25) is 17.7 Å². The molecule has 10 heteroatoms. The first-order valence-corrected chi connectivity index (χ1v) is 15.5. The number of hydrogen-bond acceptors (Lipinski definition) is 7.